The molecule has 21 heavy (non-hydrogen) atoms. The van der Waals surface area contributed by atoms with Gasteiger partial charge in [0, 0.05) is 18.5 Å². The maximum atomic E-state index is 6.20. The van der Waals surface area contributed by atoms with Gasteiger partial charge in [-0.1, -0.05) is 11.6 Å². The maximum Gasteiger partial charge on any atom is 0.175 e. The third-order valence-electron chi connectivity index (χ3n) is 3.07. The first-order chi connectivity index (χ1) is 9.97. The lowest BCUT2D eigenvalue weighted by atomic mass is 10.2. The minimum Gasteiger partial charge on any atom is -0.493 e. The summed E-state index contributed by atoms with van der Waals surface area (Å²) in [4.78, 5) is 0. The van der Waals surface area contributed by atoms with Crippen molar-refractivity contribution >= 4 is 39.1 Å². The van der Waals surface area contributed by atoms with Crippen LogP contribution in [0.2, 0.25) is 5.15 Å². The topological polar surface area (TPSA) is 36.3 Å². The first-order valence-electron chi connectivity index (χ1n) is 6.21. The molecule has 2 aromatic rings. The molecule has 0 atom stereocenters. The van der Waals surface area contributed by atoms with E-state index >= 15 is 0 Å². The molecule has 114 valence electrons. The van der Waals surface area contributed by atoms with Crippen molar-refractivity contribution < 1.29 is 9.47 Å². The molecular formula is C14H15BrCl2N2O2. The number of halogens is 3. The smallest absolute Gasteiger partial charge is 0.175 e. The van der Waals surface area contributed by atoms with Crippen LogP contribution in [0.15, 0.2) is 16.6 Å². The average Bonchev–Trinajstić information content (AvgIpc) is 2.70. The van der Waals surface area contributed by atoms with Gasteiger partial charge in [0.25, 0.3) is 0 Å². The van der Waals surface area contributed by atoms with Crippen LogP contribution in [-0.4, -0.2) is 16.9 Å². The zero-order valence-electron chi connectivity index (χ0n) is 11.9. The monoisotopic (exact) mass is 392 g/mol. The number of rotatable bonds is 5. The normalized spacial score (nSPS) is 10.8. The van der Waals surface area contributed by atoms with Crippen molar-refractivity contribution in [2.24, 2.45) is 7.05 Å². The van der Waals surface area contributed by atoms with Gasteiger partial charge < -0.3 is 9.47 Å². The summed E-state index contributed by atoms with van der Waals surface area (Å²) in [6.07, 6.45) is 0. The Morgan fingerprint density at radius 3 is 2.62 bits per heavy atom. The lowest BCUT2D eigenvalue weighted by Gasteiger charge is -2.14. The van der Waals surface area contributed by atoms with Gasteiger partial charge in [0.15, 0.2) is 11.5 Å². The second kappa shape index (κ2) is 6.90. The molecule has 1 aromatic carbocycles. The van der Waals surface area contributed by atoms with Crippen LogP contribution >= 0.6 is 39.1 Å². The Kier molecular flexibility index (Phi) is 5.41. The van der Waals surface area contributed by atoms with Crippen molar-refractivity contribution in [3.8, 4) is 11.5 Å². The van der Waals surface area contributed by atoms with E-state index in [-0.39, 0.29) is 0 Å². The molecule has 0 unspecified atom stereocenters. The van der Waals surface area contributed by atoms with E-state index in [1.807, 2.05) is 19.1 Å². The number of benzene rings is 1. The Balaban J connectivity index is 2.27. The third-order valence-corrected chi connectivity index (χ3v) is 4.44. The van der Waals surface area contributed by atoms with Gasteiger partial charge in [0.05, 0.1) is 17.3 Å². The van der Waals surface area contributed by atoms with E-state index in [0.717, 1.165) is 21.3 Å². The summed E-state index contributed by atoms with van der Waals surface area (Å²) < 4.78 is 13.6. The number of ether oxygens (including phenoxy) is 2. The molecule has 0 saturated carbocycles. The SMILES string of the molecule is COc1cc(CCl)cc(Br)c1OCc1c(C)nn(C)c1Cl. The van der Waals surface area contributed by atoms with Crippen LogP contribution in [0.25, 0.3) is 0 Å². The fourth-order valence-electron chi connectivity index (χ4n) is 1.97. The molecule has 2 rings (SSSR count). The highest BCUT2D eigenvalue weighted by Crippen LogP contribution is 2.38. The number of methoxy groups -OCH3 is 1. The highest BCUT2D eigenvalue weighted by Gasteiger charge is 2.16. The standard InChI is InChI=1S/C14H15BrCl2N2O2/c1-8-10(14(17)19(2)18-8)7-21-13-11(15)4-9(6-16)5-12(13)20-3/h4-5H,6-7H2,1-3H3. The Morgan fingerprint density at radius 2 is 2.10 bits per heavy atom. The third kappa shape index (κ3) is 3.47. The Bertz CT molecular complexity index is 659. The summed E-state index contributed by atoms with van der Waals surface area (Å²) in [7, 11) is 3.39. The number of aryl methyl sites for hydroxylation is 2. The molecule has 1 heterocycles. The second-order valence-corrected chi connectivity index (χ2v) is 5.99. The van der Waals surface area contributed by atoms with Gasteiger partial charge in [-0.15, -0.1) is 11.6 Å². The maximum absolute atomic E-state index is 6.20. The summed E-state index contributed by atoms with van der Waals surface area (Å²) in [6.45, 7) is 2.21. The summed E-state index contributed by atoms with van der Waals surface area (Å²) in [5.41, 5.74) is 2.65. The largest absolute Gasteiger partial charge is 0.493 e. The highest BCUT2D eigenvalue weighted by molar-refractivity contribution is 9.10. The first-order valence-corrected chi connectivity index (χ1v) is 7.91. The molecule has 0 fully saturated rings. The van der Waals surface area contributed by atoms with Gasteiger partial charge in [-0.3, -0.25) is 4.68 Å². The fraction of sp³-hybridized carbons (Fsp3) is 0.357. The van der Waals surface area contributed by atoms with Gasteiger partial charge in [0.1, 0.15) is 11.8 Å². The van der Waals surface area contributed by atoms with Gasteiger partial charge in [0.2, 0.25) is 0 Å². The summed E-state index contributed by atoms with van der Waals surface area (Å²) in [6, 6.07) is 3.76. The quantitative estimate of drug-likeness (QED) is 0.703. The summed E-state index contributed by atoms with van der Waals surface area (Å²) in [5, 5.41) is 4.83. The van der Waals surface area contributed by atoms with Gasteiger partial charge >= 0.3 is 0 Å². The molecule has 0 aliphatic heterocycles. The molecule has 0 saturated heterocycles. The predicted octanol–water partition coefficient (Wildman–Crippen LogP) is 4.47. The van der Waals surface area contributed by atoms with Crippen LogP contribution in [0, 0.1) is 6.92 Å². The van der Waals surface area contributed by atoms with Crippen LogP contribution in [0.5, 0.6) is 11.5 Å². The minimum absolute atomic E-state index is 0.313. The molecule has 7 heteroatoms. The number of hydrogen-bond donors (Lipinski definition) is 0. The molecule has 0 bridgehead atoms. The Labute approximate surface area is 142 Å². The van der Waals surface area contributed by atoms with E-state index < -0.39 is 0 Å². The molecule has 1 aromatic heterocycles. The van der Waals surface area contributed by atoms with E-state index in [2.05, 4.69) is 21.0 Å². The van der Waals surface area contributed by atoms with Crippen LogP contribution in [0.4, 0.5) is 0 Å². The van der Waals surface area contributed by atoms with Crippen molar-refractivity contribution in [2.75, 3.05) is 7.11 Å². The lowest BCUT2D eigenvalue weighted by molar-refractivity contribution is 0.282. The highest BCUT2D eigenvalue weighted by atomic mass is 79.9. The van der Waals surface area contributed by atoms with Crippen LogP contribution < -0.4 is 9.47 Å². The van der Waals surface area contributed by atoms with Crippen LogP contribution in [-0.2, 0) is 19.5 Å². The molecule has 0 radical (unpaired) electrons. The van der Waals surface area contributed by atoms with E-state index in [4.69, 9.17) is 32.7 Å². The van der Waals surface area contributed by atoms with Gasteiger partial charge in [-0.05, 0) is 40.5 Å². The van der Waals surface area contributed by atoms with E-state index in [0.29, 0.717) is 29.1 Å². The molecular weight excluding hydrogens is 379 g/mol. The van der Waals surface area contributed by atoms with Crippen molar-refractivity contribution in [2.45, 2.75) is 19.4 Å². The van der Waals surface area contributed by atoms with Crippen molar-refractivity contribution in [1.82, 2.24) is 9.78 Å². The molecule has 0 N–H and O–H groups in total. The number of hydrogen-bond acceptors (Lipinski definition) is 3. The molecule has 0 spiro atoms. The zero-order chi connectivity index (χ0) is 15.6. The van der Waals surface area contributed by atoms with Crippen molar-refractivity contribution in [3.63, 3.8) is 0 Å². The van der Waals surface area contributed by atoms with Crippen molar-refractivity contribution in [1.29, 1.82) is 0 Å². The zero-order valence-corrected chi connectivity index (χ0v) is 15.0. The van der Waals surface area contributed by atoms with Gasteiger partial charge in [-0.25, -0.2) is 0 Å². The molecule has 0 aliphatic carbocycles. The summed E-state index contributed by atoms with van der Waals surface area (Å²) in [5.74, 6) is 1.64. The van der Waals surface area contributed by atoms with E-state index in [9.17, 15) is 0 Å². The average molecular weight is 394 g/mol. The fourth-order valence-corrected chi connectivity index (χ4v) is 2.96. The van der Waals surface area contributed by atoms with Gasteiger partial charge in [-0.2, -0.15) is 5.10 Å². The lowest BCUT2D eigenvalue weighted by Crippen LogP contribution is -2.00. The summed E-state index contributed by atoms with van der Waals surface area (Å²) >= 11 is 15.5. The van der Waals surface area contributed by atoms with Crippen molar-refractivity contribution in [3.05, 3.63) is 38.6 Å². The molecule has 4 nitrogen and oxygen atoms in total. The number of aromatic nitrogens is 2. The molecule has 0 aliphatic rings. The first kappa shape index (κ1) is 16.5. The number of alkyl halides is 1. The van der Waals surface area contributed by atoms with Crippen LogP contribution in [0.1, 0.15) is 16.8 Å². The predicted molar refractivity (Wildman–Crippen MR) is 87.5 cm³/mol. The Hall–Kier alpha value is -0.910. The second-order valence-electron chi connectivity index (χ2n) is 4.51. The number of nitrogens with zero attached hydrogens (tertiary/aromatic N) is 2. The van der Waals surface area contributed by atoms with Crippen LogP contribution in [0.3, 0.4) is 0 Å². The molecule has 0 amide bonds. The minimum atomic E-state index is 0.313. The van der Waals surface area contributed by atoms with E-state index in [1.165, 1.54) is 0 Å². The Morgan fingerprint density at radius 1 is 1.38 bits per heavy atom. The van der Waals surface area contributed by atoms with E-state index in [1.54, 1.807) is 18.8 Å².